The predicted molar refractivity (Wildman–Crippen MR) is 463 cm³/mol. The van der Waals surface area contributed by atoms with Crippen molar-refractivity contribution in [1.29, 1.82) is 0 Å². The van der Waals surface area contributed by atoms with Gasteiger partial charge in [0.1, 0.15) is 0 Å². The van der Waals surface area contributed by atoms with Gasteiger partial charge in [-0.3, -0.25) is 14.7 Å². The van der Waals surface area contributed by atoms with Crippen molar-refractivity contribution in [2.45, 2.75) is 433 Å². The minimum atomic E-state index is 0.606. The molecule has 1 atom stereocenters. The molecule has 4 heteroatoms. The second-order valence-electron chi connectivity index (χ2n) is 30.7. The maximum absolute atomic E-state index is 2.98. The number of rotatable bonds is 77. The molecule has 0 amide bonds. The fraction of sp³-hybridized carbons (Fsp3) is 0.794. The van der Waals surface area contributed by atoms with Gasteiger partial charge in [-0.05, 0) is 239 Å². The van der Waals surface area contributed by atoms with E-state index in [9.17, 15) is 0 Å². The van der Waals surface area contributed by atoms with E-state index in [-0.39, 0.29) is 0 Å². The van der Waals surface area contributed by atoms with Gasteiger partial charge in [0.15, 0.2) is 0 Å². The number of hydrogen-bond donors (Lipinski definition) is 0. The molecule has 0 spiro atoms. The Morgan fingerprint density at radius 2 is 0.465 bits per heavy atom. The van der Waals surface area contributed by atoms with Crippen molar-refractivity contribution in [2.24, 2.45) is 0 Å². The summed E-state index contributed by atoms with van der Waals surface area (Å²) in [5, 5.41) is 0. The Labute approximate surface area is 636 Å². The molecule has 0 radical (unpaired) electrons. The van der Waals surface area contributed by atoms with Gasteiger partial charge in [-0.2, -0.15) is 0 Å². The first-order chi connectivity index (χ1) is 50.1. The summed E-state index contributed by atoms with van der Waals surface area (Å²) < 4.78 is 0. The first-order valence-electron chi connectivity index (χ1n) is 45.5. The maximum Gasteiger partial charge on any atom is 0.0754 e. The second-order valence-corrected chi connectivity index (χ2v) is 30.7. The van der Waals surface area contributed by atoms with E-state index in [1.807, 2.05) is 0 Å². The molecule has 0 bridgehead atoms. The van der Waals surface area contributed by atoms with Crippen LogP contribution in [-0.2, 0) is 0 Å². The predicted octanol–water partition coefficient (Wildman–Crippen LogP) is 31.2. The highest BCUT2D eigenvalue weighted by Gasteiger charge is 2.30. The number of hydrogen-bond acceptors (Lipinski definition) is 4. The minimum Gasteiger partial charge on any atom is -0.306 e. The van der Waals surface area contributed by atoms with Crippen molar-refractivity contribution < 1.29 is 0 Å². The quantitative estimate of drug-likeness (QED) is 0.0444. The first-order valence-corrected chi connectivity index (χ1v) is 45.5. The molecule has 4 nitrogen and oxygen atoms in total. The van der Waals surface area contributed by atoms with Gasteiger partial charge >= 0.3 is 0 Å². The Hall–Kier alpha value is -2.76. The van der Waals surface area contributed by atoms with Crippen LogP contribution in [0, 0.1) is 0 Å². The highest BCUT2D eigenvalue weighted by Crippen LogP contribution is 2.21. The summed E-state index contributed by atoms with van der Waals surface area (Å²) in [4.78, 5) is 11.3. The van der Waals surface area contributed by atoms with Crippen LogP contribution < -0.4 is 0 Å². The average molecular weight is 1400 g/mol. The summed E-state index contributed by atoms with van der Waals surface area (Å²) in [6.07, 6.45) is 128. The van der Waals surface area contributed by atoms with Gasteiger partial charge in [0.25, 0.3) is 0 Å². The van der Waals surface area contributed by atoms with Gasteiger partial charge in [-0.1, -0.05) is 356 Å². The zero-order valence-corrected chi connectivity index (χ0v) is 69.7. The fourth-order valence-corrected chi connectivity index (χ4v) is 14.0. The summed E-state index contributed by atoms with van der Waals surface area (Å²) in [5.74, 6) is 0. The number of nitrogens with zero attached hydrogens (tertiary/aromatic N) is 4. The number of unbranched alkanes of at least 4 members (excludes halogenated alkanes) is 44. The monoisotopic (exact) mass is 1400 g/mol. The van der Waals surface area contributed by atoms with E-state index < -0.39 is 0 Å². The van der Waals surface area contributed by atoms with E-state index in [1.54, 1.807) is 0 Å². The summed E-state index contributed by atoms with van der Waals surface area (Å²) in [5.41, 5.74) is 0. The Balaban J connectivity index is 0.00000229. The SMILES string of the molecule is CCCC/C=C\C/C=C\CCCCCCCCN(C)CCCCCCCC/C=C\C/C=C\CCCCC.CCCCC/C=C\C/C=C\CCCCCCCCN(CCCCCCCC/C=C\C/C=C\CCCCC)C1CN(CCC)CCN1CCCCCCCC/C=C\C/C=C\CCCCC. The van der Waals surface area contributed by atoms with Gasteiger partial charge in [0.2, 0.25) is 0 Å². The minimum absolute atomic E-state index is 0.606. The molecular weight excluding hydrogens is 1220 g/mol. The van der Waals surface area contributed by atoms with Crippen LogP contribution in [0.4, 0.5) is 0 Å². The molecule has 588 valence electrons. The van der Waals surface area contributed by atoms with Crippen molar-refractivity contribution in [3.8, 4) is 0 Å². The second kappa shape index (κ2) is 87.9. The van der Waals surface area contributed by atoms with E-state index in [0.717, 1.165) is 32.1 Å². The number of allylic oxidation sites excluding steroid dienone is 20. The molecule has 0 aliphatic carbocycles. The Bertz CT molecular complexity index is 1830. The molecule has 0 aromatic rings. The van der Waals surface area contributed by atoms with Crippen LogP contribution in [-0.4, -0.2) is 91.7 Å². The van der Waals surface area contributed by atoms with Crippen molar-refractivity contribution in [2.75, 3.05) is 66.0 Å². The van der Waals surface area contributed by atoms with E-state index in [2.05, 4.69) is 190 Å². The van der Waals surface area contributed by atoms with Crippen molar-refractivity contribution >= 4 is 0 Å². The molecule has 0 aromatic carbocycles. The van der Waals surface area contributed by atoms with Crippen molar-refractivity contribution in [1.82, 2.24) is 19.6 Å². The zero-order chi connectivity index (χ0) is 72.8. The van der Waals surface area contributed by atoms with Crippen LogP contribution in [0.25, 0.3) is 0 Å². The fourth-order valence-electron chi connectivity index (χ4n) is 14.0. The van der Waals surface area contributed by atoms with E-state index in [0.29, 0.717) is 6.17 Å². The highest BCUT2D eigenvalue weighted by atomic mass is 15.4. The summed E-state index contributed by atoms with van der Waals surface area (Å²) in [7, 11) is 2.32. The molecule has 1 saturated heterocycles. The molecule has 0 aromatic heterocycles. The number of piperazine rings is 1. The zero-order valence-electron chi connectivity index (χ0n) is 69.7. The van der Waals surface area contributed by atoms with Crippen molar-refractivity contribution in [3.63, 3.8) is 0 Å². The van der Waals surface area contributed by atoms with Gasteiger partial charge in [-0.15, -0.1) is 0 Å². The van der Waals surface area contributed by atoms with Crippen LogP contribution in [0.3, 0.4) is 0 Å². The largest absolute Gasteiger partial charge is 0.306 e. The molecule has 1 heterocycles. The molecule has 0 N–H and O–H groups in total. The van der Waals surface area contributed by atoms with Gasteiger partial charge in [0, 0.05) is 19.6 Å². The van der Waals surface area contributed by atoms with Gasteiger partial charge in [0.05, 0.1) is 6.17 Å². The lowest BCUT2D eigenvalue weighted by Gasteiger charge is -2.47. The van der Waals surface area contributed by atoms with Crippen LogP contribution in [0.2, 0.25) is 0 Å². The lowest BCUT2D eigenvalue weighted by atomic mass is 10.1. The Morgan fingerprint density at radius 1 is 0.228 bits per heavy atom. The summed E-state index contributed by atoms with van der Waals surface area (Å²) >= 11 is 0. The lowest BCUT2D eigenvalue weighted by molar-refractivity contribution is -0.0247. The lowest BCUT2D eigenvalue weighted by Crippen LogP contribution is -2.60. The molecular formula is C97H180N4. The summed E-state index contributed by atoms with van der Waals surface area (Å²) in [6.45, 7) is 25.2. The maximum atomic E-state index is 2.98. The van der Waals surface area contributed by atoms with Crippen LogP contribution in [0.5, 0.6) is 0 Å². The standard InChI is InChI=1S/C61H113N3.C36H67N/c1-5-9-12-15-18-21-24-27-30-33-36-39-42-45-48-51-55-63(56-52-49-46-43-40-37-34-31-28-25-22-19-16-13-10-6-2)61-60-62(54-8-4)58-59-64(61)57-53-50-47-44-41-38-35-32-29-26-23-20-17-14-11-7-3;1-4-6-8-10-12-14-16-18-20-22-24-26-28-30-32-34-36-37(3)35-33-31-29-27-25-23-21-19-17-15-13-11-9-7-5-2/h18-23,27-32,61H,5-17,24-26,33-60H2,1-4H3;11-14,17-20H,4-10,15-16,21-36H2,1-3H3/b21-18-,22-19-,23-20-,30-27-,31-28-,32-29-;13-11-,14-12-,19-17-,20-18-. The third-order valence-corrected chi connectivity index (χ3v) is 20.7. The van der Waals surface area contributed by atoms with Crippen LogP contribution in [0.1, 0.15) is 427 Å². The van der Waals surface area contributed by atoms with Gasteiger partial charge < -0.3 is 4.90 Å². The Kier molecular flexibility index (Phi) is 85.5. The highest BCUT2D eigenvalue weighted by molar-refractivity contribution is 4.96. The normalized spacial score (nSPS) is 14.6. The average Bonchev–Trinajstić information content (AvgIpc) is 0.839. The van der Waals surface area contributed by atoms with Crippen LogP contribution >= 0.6 is 0 Å². The Morgan fingerprint density at radius 3 is 0.743 bits per heavy atom. The molecule has 1 fully saturated rings. The molecule has 101 heavy (non-hydrogen) atoms. The molecule has 1 unspecified atom stereocenters. The molecule has 1 aliphatic rings. The third-order valence-electron chi connectivity index (χ3n) is 20.7. The van der Waals surface area contributed by atoms with E-state index in [4.69, 9.17) is 0 Å². The van der Waals surface area contributed by atoms with Gasteiger partial charge in [-0.25, -0.2) is 0 Å². The van der Waals surface area contributed by atoms with E-state index in [1.165, 1.54) is 412 Å². The molecule has 0 saturated carbocycles. The smallest absolute Gasteiger partial charge is 0.0754 e. The third kappa shape index (κ3) is 78.1. The van der Waals surface area contributed by atoms with Crippen molar-refractivity contribution in [3.05, 3.63) is 122 Å². The topological polar surface area (TPSA) is 13.0 Å². The molecule has 1 aliphatic heterocycles. The summed E-state index contributed by atoms with van der Waals surface area (Å²) in [6, 6.07) is 0. The van der Waals surface area contributed by atoms with E-state index >= 15 is 0 Å². The molecule has 1 rings (SSSR count). The van der Waals surface area contributed by atoms with Crippen LogP contribution in [0.15, 0.2) is 122 Å². The first kappa shape index (κ1) is 98.2.